The van der Waals surface area contributed by atoms with Crippen molar-refractivity contribution in [2.45, 2.75) is 25.7 Å². The second kappa shape index (κ2) is 5.68. The highest BCUT2D eigenvalue weighted by Gasteiger charge is 2.24. The first-order chi connectivity index (χ1) is 10.5. The van der Waals surface area contributed by atoms with Crippen LogP contribution < -0.4 is 5.32 Å². The summed E-state index contributed by atoms with van der Waals surface area (Å²) in [6.45, 7) is 0. The van der Waals surface area contributed by atoms with Gasteiger partial charge in [0, 0.05) is 4.88 Å². The monoisotopic (exact) mass is 330 g/mol. The summed E-state index contributed by atoms with van der Waals surface area (Å²) in [6, 6.07) is 0.330. The molecule has 1 aliphatic rings. The van der Waals surface area contributed by atoms with Crippen LogP contribution in [0.15, 0.2) is 6.07 Å². The zero-order valence-electron chi connectivity index (χ0n) is 11.2. The van der Waals surface area contributed by atoms with Gasteiger partial charge in [0.15, 0.2) is 28.4 Å². The van der Waals surface area contributed by atoms with E-state index in [9.17, 15) is 22.4 Å². The predicted octanol–water partition coefficient (Wildman–Crippen LogP) is 3.83. The summed E-state index contributed by atoms with van der Waals surface area (Å²) in [5, 5.41) is 2.54. The molecular weight excluding hydrogens is 320 g/mol. The number of carbonyl (C=O) groups is 1. The topological polar surface area (TPSA) is 42.0 Å². The summed E-state index contributed by atoms with van der Waals surface area (Å²) in [7, 11) is 0. The number of nitrogens with one attached hydrogen (secondary N) is 1. The van der Waals surface area contributed by atoms with E-state index in [0.717, 1.165) is 36.3 Å². The molecule has 2 aromatic rings. The van der Waals surface area contributed by atoms with Crippen LogP contribution in [0.2, 0.25) is 0 Å². The first kappa shape index (κ1) is 15.0. The van der Waals surface area contributed by atoms with Crippen molar-refractivity contribution < 1.29 is 22.4 Å². The molecule has 0 aliphatic heterocycles. The second-order valence-corrected chi connectivity index (χ2v) is 5.98. The first-order valence-electron chi connectivity index (χ1n) is 6.60. The van der Waals surface area contributed by atoms with E-state index >= 15 is 0 Å². The smallest absolute Gasteiger partial charge is 0.260 e. The molecule has 0 unspecified atom stereocenters. The summed E-state index contributed by atoms with van der Waals surface area (Å²) in [6.07, 6.45) is 3.70. The average Bonchev–Trinajstić information content (AvgIpc) is 2.90. The molecule has 1 aromatic carbocycles. The van der Waals surface area contributed by atoms with Crippen molar-refractivity contribution in [3.05, 3.63) is 45.5 Å². The van der Waals surface area contributed by atoms with E-state index in [2.05, 4.69) is 10.3 Å². The van der Waals surface area contributed by atoms with Gasteiger partial charge in [-0.05, 0) is 31.7 Å². The summed E-state index contributed by atoms with van der Waals surface area (Å²) >= 11 is 1.25. The Balaban J connectivity index is 1.87. The molecule has 116 valence electrons. The summed E-state index contributed by atoms with van der Waals surface area (Å²) in [5.41, 5.74) is -0.0203. The Labute approximate surface area is 127 Å². The van der Waals surface area contributed by atoms with Gasteiger partial charge in [-0.3, -0.25) is 10.1 Å². The normalized spacial score (nSPS) is 13.8. The first-order valence-corrected chi connectivity index (χ1v) is 7.42. The molecule has 3 nitrogen and oxygen atoms in total. The Bertz CT molecular complexity index is 736. The van der Waals surface area contributed by atoms with Crippen LogP contribution in [-0.2, 0) is 12.8 Å². The maximum absolute atomic E-state index is 13.6. The van der Waals surface area contributed by atoms with Gasteiger partial charge in [0.25, 0.3) is 5.91 Å². The molecule has 0 saturated carbocycles. The second-order valence-electron chi connectivity index (χ2n) is 4.90. The van der Waals surface area contributed by atoms with Gasteiger partial charge >= 0.3 is 0 Å². The standard InChI is InChI=1S/C14H10F4N2OS/c15-7-5-6(10(16)12(18)11(7)17)13(21)20-14-19-8-3-1-2-4-9(8)22-14/h5H,1-4H2,(H,19,20,21). The van der Waals surface area contributed by atoms with Crippen molar-refractivity contribution in [2.75, 3.05) is 5.32 Å². The largest absolute Gasteiger partial charge is 0.298 e. The van der Waals surface area contributed by atoms with E-state index in [1.807, 2.05) is 0 Å². The Morgan fingerprint density at radius 1 is 1.09 bits per heavy atom. The fraction of sp³-hybridized carbons (Fsp3) is 0.286. The van der Waals surface area contributed by atoms with Gasteiger partial charge in [-0.1, -0.05) is 0 Å². The van der Waals surface area contributed by atoms with E-state index in [1.165, 1.54) is 11.3 Å². The zero-order valence-corrected chi connectivity index (χ0v) is 12.0. The number of fused-ring (bicyclic) bond motifs is 1. The molecule has 0 fully saturated rings. The number of anilines is 1. The van der Waals surface area contributed by atoms with E-state index in [4.69, 9.17) is 0 Å². The number of aryl methyl sites for hydroxylation is 2. The number of benzene rings is 1. The third-order valence-electron chi connectivity index (χ3n) is 3.41. The fourth-order valence-electron chi connectivity index (χ4n) is 2.31. The average molecular weight is 330 g/mol. The molecule has 22 heavy (non-hydrogen) atoms. The van der Waals surface area contributed by atoms with Crippen molar-refractivity contribution in [1.29, 1.82) is 0 Å². The quantitative estimate of drug-likeness (QED) is 0.516. The zero-order chi connectivity index (χ0) is 15.9. The van der Waals surface area contributed by atoms with Gasteiger partial charge in [0.1, 0.15) is 0 Å². The molecule has 0 atom stereocenters. The lowest BCUT2D eigenvalue weighted by Gasteiger charge is -2.06. The number of hydrogen-bond donors (Lipinski definition) is 1. The number of carbonyl (C=O) groups excluding carboxylic acids is 1. The number of amides is 1. The van der Waals surface area contributed by atoms with Gasteiger partial charge < -0.3 is 0 Å². The Morgan fingerprint density at radius 3 is 2.55 bits per heavy atom. The fourth-order valence-corrected chi connectivity index (χ4v) is 3.35. The lowest BCUT2D eigenvalue weighted by atomic mass is 10.0. The van der Waals surface area contributed by atoms with Crippen LogP contribution >= 0.6 is 11.3 Å². The van der Waals surface area contributed by atoms with Crippen LogP contribution in [0.3, 0.4) is 0 Å². The van der Waals surface area contributed by atoms with E-state index in [1.54, 1.807) is 0 Å². The number of halogens is 4. The molecule has 0 spiro atoms. The lowest BCUT2D eigenvalue weighted by molar-refractivity contribution is 0.102. The third-order valence-corrected chi connectivity index (χ3v) is 4.49. The molecule has 0 radical (unpaired) electrons. The molecule has 0 saturated heterocycles. The van der Waals surface area contributed by atoms with Crippen molar-refractivity contribution in [3.63, 3.8) is 0 Å². The van der Waals surface area contributed by atoms with Crippen LogP contribution in [0.5, 0.6) is 0 Å². The van der Waals surface area contributed by atoms with Crippen molar-refractivity contribution in [2.24, 2.45) is 0 Å². The summed E-state index contributed by atoms with van der Waals surface area (Å²) in [4.78, 5) is 17.2. The Kier molecular flexibility index (Phi) is 3.86. The Hall–Kier alpha value is -1.96. The van der Waals surface area contributed by atoms with E-state index in [0.29, 0.717) is 6.07 Å². The van der Waals surface area contributed by atoms with E-state index in [-0.39, 0.29) is 5.13 Å². The van der Waals surface area contributed by atoms with Crippen LogP contribution in [-0.4, -0.2) is 10.9 Å². The van der Waals surface area contributed by atoms with Crippen molar-refractivity contribution in [1.82, 2.24) is 4.98 Å². The number of hydrogen-bond acceptors (Lipinski definition) is 3. The molecule has 1 heterocycles. The highest BCUT2D eigenvalue weighted by molar-refractivity contribution is 7.15. The van der Waals surface area contributed by atoms with Crippen LogP contribution in [0, 0.1) is 23.3 Å². The minimum absolute atomic E-state index is 0.237. The van der Waals surface area contributed by atoms with Crippen molar-refractivity contribution in [3.8, 4) is 0 Å². The minimum atomic E-state index is -2.01. The summed E-state index contributed by atoms with van der Waals surface area (Å²) < 4.78 is 52.7. The molecule has 8 heteroatoms. The van der Waals surface area contributed by atoms with Gasteiger partial charge in [-0.15, -0.1) is 11.3 Å². The highest BCUT2D eigenvalue weighted by atomic mass is 32.1. The highest BCUT2D eigenvalue weighted by Crippen LogP contribution is 2.30. The van der Waals surface area contributed by atoms with Gasteiger partial charge in [0.2, 0.25) is 0 Å². The molecular formula is C14H10F4N2OS. The molecule has 1 N–H and O–H groups in total. The summed E-state index contributed by atoms with van der Waals surface area (Å²) in [5.74, 6) is -8.37. The molecule has 0 bridgehead atoms. The van der Waals surface area contributed by atoms with Crippen molar-refractivity contribution >= 4 is 22.4 Å². The predicted molar refractivity (Wildman–Crippen MR) is 73.0 cm³/mol. The molecule has 3 rings (SSSR count). The molecule has 1 aliphatic carbocycles. The number of aromatic nitrogens is 1. The van der Waals surface area contributed by atoms with Crippen LogP contribution in [0.4, 0.5) is 22.7 Å². The number of nitrogens with zero attached hydrogens (tertiary/aromatic N) is 1. The van der Waals surface area contributed by atoms with Gasteiger partial charge in [0.05, 0.1) is 11.3 Å². The Morgan fingerprint density at radius 2 is 1.82 bits per heavy atom. The van der Waals surface area contributed by atoms with Crippen LogP contribution in [0.25, 0.3) is 0 Å². The van der Waals surface area contributed by atoms with Gasteiger partial charge in [-0.2, -0.15) is 0 Å². The molecule has 1 aromatic heterocycles. The lowest BCUT2D eigenvalue weighted by Crippen LogP contribution is -2.16. The number of thiazole rings is 1. The SMILES string of the molecule is O=C(Nc1nc2c(s1)CCCC2)c1cc(F)c(F)c(F)c1F. The van der Waals surface area contributed by atoms with E-state index < -0.39 is 34.7 Å². The number of rotatable bonds is 2. The third kappa shape index (κ3) is 2.58. The maximum atomic E-state index is 13.6. The molecule has 1 amide bonds. The van der Waals surface area contributed by atoms with Gasteiger partial charge in [-0.25, -0.2) is 22.5 Å². The maximum Gasteiger partial charge on any atom is 0.260 e. The van der Waals surface area contributed by atoms with Crippen LogP contribution in [0.1, 0.15) is 33.8 Å². The minimum Gasteiger partial charge on any atom is -0.298 e.